The zero-order chi connectivity index (χ0) is 14.5. The van der Waals surface area contributed by atoms with Gasteiger partial charge in [-0.25, -0.2) is 0 Å². The summed E-state index contributed by atoms with van der Waals surface area (Å²) in [7, 11) is 0. The Balaban J connectivity index is 1.82. The van der Waals surface area contributed by atoms with E-state index in [1.165, 1.54) is 19.3 Å². The van der Waals surface area contributed by atoms with E-state index in [1.807, 2.05) is 25.7 Å². The summed E-state index contributed by atoms with van der Waals surface area (Å²) < 4.78 is 0. The number of hydrogen-bond donors (Lipinski definition) is 1. The Hall–Kier alpha value is -1.06. The number of rotatable bonds is 3. The van der Waals surface area contributed by atoms with Crippen molar-refractivity contribution in [2.75, 3.05) is 6.54 Å². The molecule has 0 radical (unpaired) electrons. The third-order valence-electron chi connectivity index (χ3n) is 5.04. The van der Waals surface area contributed by atoms with Crippen molar-refractivity contribution in [3.05, 3.63) is 0 Å². The van der Waals surface area contributed by atoms with E-state index in [2.05, 4.69) is 5.32 Å². The number of piperazine rings is 1. The van der Waals surface area contributed by atoms with Gasteiger partial charge >= 0.3 is 0 Å². The second kappa shape index (κ2) is 4.74. The monoisotopic (exact) mass is 278 g/mol. The van der Waals surface area contributed by atoms with Gasteiger partial charge in [-0.2, -0.15) is 0 Å². The maximum Gasteiger partial charge on any atom is 0.246 e. The molecule has 0 aromatic heterocycles. The minimum Gasteiger partial charge on any atom is -0.342 e. The highest BCUT2D eigenvalue weighted by Crippen LogP contribution is 2.40. The van der Waals surface area contributed by atoms with Gasteiger partial charge in [-0.15, -0.1) is 0 Å². The highest BCUT2D eigenvalue weighted by molar-refractivity contribution is 5.97. The molecule has 2 aliphatic carbocycles. The Labute approximate surface area is 121 Å². The average Bonchev–Trinajstić information content (AvgIpc) is 3.09. The second-order valence-electron chi connectivity index (χ2n) is 7.88. The maximum atomic E-state index is 12.8. The van der Waals surface area contributed by atoms with Crippen molar-refractivity contribution in [1.29, 1.82) is 0 Å². The number of hydrogen-bond acceptors (Lipinski definition) is 2. The third-order valence-corrected chi connectivity index (χ3v) is 5.04. The SMILES string of the molecule is CC(C)(C)C1NC(=O)C(C2CC2)N(CC2CCC2)C1=O. The van der Waals surface area contributed by atoms with E-state index in [4.69, 9.17) is 0 Å². The predicted molar refractivity (Wildman–Crippen MR) is 77.0 cm³/mol. The van der Waals surface area contributed by atoms with Crippen LogP contribution in [0.5, 0.6) is 0 Å². The Morgan fingerprint density at radius 3 is 2.25 bits per heavy atom. The molecule has 0 aromatic carbocycles. The summed E-state index contributed by atoms with van der Waals surface area (Å²) >= 11 is 0. The molecule has 112 valence electrons. The van der Waals surface area contributed by atoms with E-state index in [0.29, 0.717) is 11.8 Å². The van der Waals surface area contributed by atoms with Gasteiger partial charge in [0.25, 0.3) is 0 Å². The van der Waals surface area contributed by atoms with Gasteiger partial charge in [0.2, 0.25) is 11.8 Å². The molecule has 1 saturated heterocycles. The highest BCUT2D eigenvalue weighted by atomic mass is 16.2. The smallest absolute Gasteiger partial charge is 0.246 e. The van der Waals surface area contributed by atoms with Crippen LogP contribution >= 0.6 is 0 Å². The lowest BCUT2D eigenvalue weighted by Crippen LogP contribution is -2.67. The van der Waals surface area contributed by atoms with Crippen molar-refractivity contribution < 1.29 is 9.59 Å². The van der Waals surface area contributed by atoms with Crippen LogP contribution in [0.25, 0.3) is 0 Å². The first kappa shape index (κ1) is 13.9. The average molecular weight is 278 g/mol. The molecule has 2 saturated carbocycles. The maximum absolute atomic E-state index is 12.8. The Kier molecular flexibility index (Phi) is 3.30. The summed E-state index contributed by atoms with van der Waals surface area (Å²) in [4.78, 5) is 27.2. The van der Waals surface area contributed by atoms with Crippen molar-refractivity contribution in [3.63, 3.8) is 0 Å². The van der Waals surface area contributed by atoms with E-state index in [9.17, 15) is 9.59 Å². The van der Waals surface area contributed by atoms with Crippen LogP contribution in [0.2, 0.25) is 0 Å². The molecule has 2 amide bonds. The predicted octanol–water partition coefficient (Wildman–Crippen LogP) is 1.94. The van der Waals surface area contributed by atoms with Crippen LogP contribution in [0.4, 0.5) is 0 Å². The number of carbonyl (C=O) groups is 2. The van der Waals surface area contributed by atoms with Gasteiger partial charge in [0.05, 0.1) is 0 Å². The molecule has 0 bridgehead atoms. The molecule has 1 heterocycles. The van der Waals surface area contributed by atoms with Crippen molar-refractivity contribution >= 4 is 11.8 Å². The van der Waals surface area contributed by atoms with Crippen LogP contribution in [0, 0.1) is 17.3 Å². The number of nitrogens with zero attached hydrogens (tertiary/aromatic N) is 1. The molecular formula is C16H26N2O2. The standard InChI is InChI=1S/C16H26N2O2/c1-16(2,3)13-15(20)18(9-10-5-4-6-10)12(11-7-8-11)14(19)17-13/h10-13H,4-9H2,1-3H3,(H,17,19). The molecule has 2 unspecified atom stereocenters. The summed E-state index contributed by atoms with van der Waals surface area (Å²) in [5.41, 5.74) is -0.223. The normalized spacial score (nSPS) is 32.0. The van der Waals surface area contributed by atoms with Gasteiger partial charge in [0.15, 0.2) is 0 Å². The lowest BCUT2D eigenvalue weighted by atomic mass is 9.81. The van der Waals surface area contributed by atoms with Gasteiger partial charge < -0.3 is 10.2 Å². The Morgan fingerprint density at radius 1 is 1.15 bits per heavy atom. The highest BCUT2D eigenvalue weighted by Gasteiger charge is 2.50. The van der Waals surface area contributed by atoms with Crippen LogP contribution in [0.1, 0.15) is 52.9 Å². The van der Waals surface area contributed by atoms with Crippen molar-refractivity contribution in [2.24, 2.45) is 17.3 Å². The fourth-order valence-electron chi connectivity index (χ4n) is 3.36. The largest absolute Gasteiger partial charge is 0.342 e. The minimum atomic E-state index is -0.370. The minimum absolute atomic E-state index is 0.0753. The molecule has 1 N–H and O–H groups in total. The summed E-state index contributed by atoms with van der Waals surface area (Å²) in [5, 5.41) is 2.99. The molecule has 0 spiro atoms. The fourth-order valence-corrected chi connectivity index (χ4v) is 3.36. The Morgan fingerprint density at radius 2 is 1.80 bits per heavy atom. The molecule has 2 atom stereocenters. The molecule has 3 rings (SSSR count). The number of nitrogens with one attached hydrogen (secondary N) is 1. The summed E-state index contributed by atoms with van der Waals surface area (Å²) in [6.07, 6.45) is 5.88. The van der Waals surface area contributed by atoms with Crippen molar-refractivity contribution in [1.82, 2.24) is 10.2 Å². The molecule has 4 nitrogen and oxygen atoms in total. The van der Waals surface area contributed by atoms with Crippen LogP contribution in [0.3, 0.4) is 0 Å². The summed E-state index contributed by atoms with van der Waals surface area (Å²) in [6.45, 7) is 6.86. The van der Waals surface area contributed by atoms with E-state index in [-0.39, 0.29) is 29.3 Å². The fraction of sp³-hybridized carbons (Fsp3) is 0.875. The molecule has 3 fully saturated rings. The third kappa shape index (κ3) is 2.45. The van der Waals surface area contributed by atoms with Gasteiger partial charge in [-0.3, -0.25) is 9.59 Å². The van der Waals surface area contributed by atoms with Gasteiger partial charge in [0.1, 0.15) is 12.1 Å². The quantitative estimate of drug-likeness (QED) is 0.857. The van der Waals surface area contributed by atoms with Gasteiger partial charge in [-0.1, -0.05) is 27.2 Å². The molecule has 20 heavy (non-hydrogen) atoms. The van der Waals surface area contributed by atoms with Gasteiger partial charge in [-0.05, 0) is 42.9 Å². The number of carbonyl (C=O) groups excluding carboxylic acids is 2. The first-order valence-electron chi connectivity index (χ1n) is 7.99. The van der Waals surface area contributed by atoms with Crippen molar-refractivity contribution in [3.8, 4) is 0 Å². The van der Waals surface area contributed by atoms with E-state index < -0.39 is 0 Å². The molecular weight excluding hydrogens is 252 g/mol. The topological polar surface area (TPSA) is 49.4 Å². The van der Waals surface area contributed by atoms with Gasteiger partial charge in [0, 0.05) is 6.54 Å². The lowest BCUT2D eigenvalue weighted by Gasteiger charge is -2.45. The molecule has 0 aromatic rings. The number of amides is 2. The zero-order valence-electron chi connectivity index (χ0n) is 12.8. The van der Waals surface area contributed by atoms with Crippen LogP contribution in [0.15, 0.2) is 0 Å². The van der Waals surface area contributed by atoms with E-state index in [0.717, 1.165) is 19.4 Å². The molecule has 3 aliphatic rings. The van der Waals surface area contributed by atoms with Crippen LogP contribution < -0.4 is 5.32 Å². The first-order valence-corrected chi connectivity index (χ1v) is 7.99. The lowest BCUT2D eigenvalue weighted by molar-refractivity contribution is -0.154. The first-order chi connectivity index (χ1) is 9.38. The zero-order valence-corrected chi connectivity index (χ0v) is 12.8. The summed E-state index contributed by atoms with van der Waals surface area (Å²) in [6, 6.07) is -0.563. The second-order valence-corrected chi connectivity index (χ2v) is 7.88. The summed E-state index contributed by atoms with van der Waals surface area (Å²) in [5.74, 6) is 1.24. The van der Waals surface area contributed by atoms with E-state index >= 15 is 0 Å². The van der Waals surface area contributed by atoms with Crippen molar-refractivity contribution in [2.45, 2.75) is 65.0 Å². The van der Waals surface area contributed by atoms with Crippen LogP contribution in [-0.4, -0.2) is 35.3 Å². The van der Waals surface area contributed by atoms with Crippen LogP contribution in [-0.2, 0) is 9.59 Å². The molecule has 4 heteroatoms. The Bertz CT molecular complexity index is 419. The van der Waals surface area contributed by atoms with E-state index in [1.54, 1.807) is 0 Å². The molecule has 1 aliphatic heterocycles.